The first-order valence-corrected chi connectivity index (χ1v) is 10.7. The van der Waals surface area contributed by atoms with Crippen LogP contribution in [0, 0.1) is 5.92 Å². The summed E-state index contributed by atoms with van der Waals surface area (Å²) in [5, 5.41) is 6.97. The Morgan fingerprint density at radius 2 is 2.00 bits per heavy atom. The fourth-order valence-electron chi connectivity index (χ4n) is 4.15. The zero-order valence-electron chi connectivity index (χ0n) is 17.1. The minimum Gasteiger partial charge on any atom is -0.468 e. The van der Waals surface area contributed by atoms with E-state index in [2.05, 4.69) is 38.4 Å². The molecule has 2 fully saturated rings. The van der Waals surface area contributed by atoms with Crippen LogP contribution < -0.4 is 10.6 Å². The van der Waals surface area contributed by atoms with Crippen molar-refractivity contribution in [2.24, 2.45) is 10.9 Å². The van der Waals surface area contributed by atoms with Crippen LogP contribution in [0.15, 0.2) is 27.8 Å². The summed E-state index contributed by atoms with van der Waals surface area (Å²) in [4.78, 5) is 9.50. The van der Waals surface area contributed by atoms with Gasteiger partial charge in [0.15, 0.2) is 5.96 Å². The van der Waals surface area contributed by atoms with E-state index in [0.29, 0.717) is 0 Å². The first-order chi connectivity index (χ1) is 13.3. The van der Waals surface area contributed by atoms with E-state index in [1.165, 1.54) is 45.3 Å². The van der Waals surface area contributed by atoms with Crippen LogP contribution in [0.5, 0.6) is 0 Å². The molecule has 3 rings (SSSR count). The van der Waals surface area contributed by atoms with Crippen LogP contribution in [-0.4, -0.2) is 68.6 Å². The number of rotatable bonds is 8. The molecule has 152 valence electrons. The van der Waals surface area contributed by atoms with Gasteiger partial charge < -0.3 is 20.0 Å². The average molecular weight is 376 g/mol. The summed E-state index contributed by atoms with van der Waals surface area (Å²) in [6, 6.07) is 4.34. The molecule has 0 radical (unpaired) electrons. The molecule has 2 saturated heterocycles. The highest BCUT2D eigenvalue weighted by atomic mass is 16.3. The Labute approximate surface area is 164 Å². The predicted molar refractivity (Wildman–Crippen MR) is 111 cm³/mol. The number of hydrogen-bond acceptors (Lipinski definition) is 4. The van der Waals surface area contributed by atoms with Gasteiger partial charge in [0.25, 0.3) is 0 Å². The van der Waals surface area contributed by atoms with E-state index in [4.69, 9.17) is 4.42 Å². The standard InChI is InChI=1S/C21H37N5O/c1-18-8-14-25(15-9-18)11-6-10-23-21(22-2)24-17-19(20-7-5-16-27-20)26-12-3-4-13-26/h5,7,16,18-19H,3-4,6,8-15,17H2,1-2H3,(H2,22,23,24). The highest BCUT2D eigenvalue weighted by Crippen LogP contribution is 2.24. The molecule has 0 spiro atoms. The van der Waals surface area contributed by atoms with Gasteiger partial charge in [-0.15, -0.1) is 0 Å². The van der Waals surface area contributed by atoms with Crippen LogP contribution in [0.4, 0.5) is 0 Å². The van der Waals surface area contributed by atoms with Crippen molar-refractivity contribution in [2.45, 2.75) is 45.1 Å². The Hall–Kier alpha value is -1.53. The van der Waals surface area contributed by atoms with Gasteiger partial charge in [0.1, 0.15) is 5.76 Å². The molecule has 2 aliphatic heterocycles. The van der Waals surface area contributed by atoms with Crippen LogP contribution in [-0.2, 0) is 0 Å². The van der Waals surface area contributed by atoms with E-state index in [1.807, 2.05) is 13.1 Å². The van der Waals surface area contributed by atoms with Crippen molar-refractivity contribution in [2.75, 3.05) is 52.9 Å². The summed E-state index contributed by atoms with van der Waals surface area (Å²) in [6.07, 6.45) is 8.18. The summed E-state index contributed by atoms with van der Waals surface area (Å²) in [6.45, 7) is 10.1. The Morgan fingerprint density at radius 3 is 2.67 bits per heavy atom. The topological polar surface area (TPSA) is 56.0 Å². The third-order valence-electron chi connectivity index (χ3n) is 5.96. The lowest BCUT2D eigenvalue weighted by molar-refractivity contribution is 0.191. The Morgan fingerprint density at radius 1 is 1.22 bits per heavy atom. The summed E-state index contributed by atoms with van der Waals surface area (Å²) in [5.41, 5.74) is 0. The normalized spacial score (nSPS) is 21.5. The van der Waals surface area contributed by atoms with Crippen molar-refractivity contribution in [3.05, 3.63) is 24.2 Å². The maximum absolute atomic E-state index is 5.70. The Kier molecular flexibility index (Phi) is 8.02. The quantitative estimate of drug-likeness (QED) is 0.416. The van der Waals surface area contributed by atoms with E-state index in [9.17, 15) is 0 Å². The van der Waals surface area contributed by atoms with Gasteiger partial charge in [-0.05, 0) is 82.9 Å². The van der Waals surface area contributed by atoms with Gasteiger partial charge in [-0.3, -0.25) is 9.89 Å². The number of nitrogens with zero attached hydrogens (tertiary/aromatic N) is 3. The van der Waals surface area contributed by atoms with Crippen LogP contribution in [0.3, 0.4) is 0 Å². The smallest absolute Gasteiger partial charge is 0.191 e. The number of furan rings is 1. The van der Waals surface area contributed by atoms with Gasteiger partial charge in [-0.2, -0.15) is 0 Å². The molecule has 1 unspecified atom stereocenters. The van der Waals surface area contributed by atoms with Crippen LogP contribution in [0.2, 0.25) is 0 Å². The monoisotopic (exact) mass is 375 g/mol. The van der Waals surface area contributed by atoms with Gasteiger partial charge in [-0.25, -0.2) is 0 Å². The molecule has 6 nitrogen and oxygen atoms in total. The van der Waals surface area contributed by atoms with Crippen molar-refractivity contribution in [1.29, 1.82) is 0 Å². The molecule has 1 atom stereocenters. The molecular weight excluding hydrogens is 338 g/mol. The summed E-state index contributed by atoms with van der Waals surface area (Å²) >= 11 is 0. The molecule has 0 aliphatic carbocycles. The molecule has 0 amide bonds. The van der Waals surface area contributed by atoms with Gasteiger partial charge in [-0.1, -0.05) is 6.92 Å². The van der Waals surface area contributed by atoms with Crippen molar-refractivity contribution in [3.8, 4) is 0 Å². The van der Waals surface area contributed by atoms with Gasteiger partial charge in [0.05, 0.1) is 12.3 Å². The second-order valence-corrected chi connectivity index (χ2v) is 8.03. The predicted octanol–water partition coefficient (Wildman–Crippen LogP) is 2.70. The Bertz CT molecular complexity index is 545. The largest absolute Gasteiger partial charge is 0.468 e. The zero-order valence-corrected chi connectivity index (χ0v) is 17.1. The van der Waals surface area contributed by atoms with Crippen molar-refractivity contribution in [1.82, 2.24) is 20.4 Å². The first kappa shape index (κ1) is 20.2. The lowest BCUT2D eigenvalue weighted by atomic mass is 9.99. The van der Waals surface area contributed by atoms with E-state index >= 15 is 0 Å². The summed E-state index contributed by atoms with van der Waals surface area (Å²) < 4.78 is 5.70. The molecule has 6 heteroatoms. The number of aliphatic imine (C=N–C) groups is 1. The zero-order chi connectivity index (χ0) is 18.9. The lowest BCUT2D eigenvalue weighted by Gasteiger charge is -2.30. The van der Waals surface area contributed by atoms with Crippen molar-refractivity contribution < 1.29 is 4.42 Å². The van der Waals surface area contributed by atoms with Crippen LogP contribution in [0.1, 0.15) is 50.8 Å². The molecular formula is C21H37N5O. The molecule has 1 aromatic heterocycles. The maximum atomic E-state index is 5.70. The third-order valence-corrected chi connectivity index (χ3v) is 5.96. The third kappa shape index (κ3) is 6.25. The van der Waals surface area contributed by atoms with E-state index in [-0.39, 0.29) is 6.04 Å². The second-order valence-electron chi connectivity index (χ2n) is 8.03. The molecule has 3 heterocycles. The number of likely N-dealkylation sites (tertiary alicyclic amines) is 2. The first-order valence-electron chi connectivity index (χ1n) is 10.7. The number of piperidine rings is 1. The minimum absolute atomic E-state index is 0.274. The molecule has 2 N–H and O–H groups in total. The number of guanidine groups is 1. The van der Waals surface area contributed by atoms with Gasteiger partial charge in [0.2, 0.25) is 0 Å². The molecule has 0 bridgehead atoms. The molecule has 1 aromatic rings. The van der Waals surface area contributed by atoms with E-state index in [0.717, 1.165) is 50.2 Å². The lowest BCUT2D eigenvalue weighted by Crippen LogP contribution is -2.43. The summed E-state index contributed by atoms with van der Waals surface area (Å²) in [7, 11) is 1.85. The highest BCUT2D eigenvalue weighted by molar-refractivity contribution is 5.79. The molecule has 0 aromatic carbocycles. The average Bonchev–Trinajstić information content (AvgIpc) is 3.39. The van der Waals surface area contributed by atoms with E-state index in [1.54, 1.807) is 6.26 Å². The van der Waals surface area contributed by atoms with Gasteiger partial charge >= 0.3 is 0 Å². The minimum atomic E-state index is 0.274. The van der Waals surface area contributed by atoms with Crippen molar-refractivity contribution >= 4 is 5.96 Å². The van der Waals surface area contributed by atoms with Crippen molar-refractivity contribution in [3.63, 3.8) is 0 Å². The summed E-state index contributed by atoms with van der Waals surface area (Å²) in [5.74, 6) is 2.83. The molecule has 2 aliphatic rings. The van der Waals surface area contributed by atoms with E-state index < -0.39 is 0 Å². The number of hydrogen-bond donors (Lipinski definition) is 2. The maximum Gasteiger partial charge on any atom is 0.191 e. The number of nitrogens with one attached hydrogen (secondary N) is 2. The SMILES string of the molecule is CN=C(NCCCN1CCC(C)CC1)NCC(c1ccco1)N1CCCC1. The fraction of sp³-hybridized carbons (Fsp3) is 0.762. The van der Waals surface area contributed by atoms with Crippen LogP contribution >= 0.6 is 0 Å². The fourth-order valence-corrected chi connectivity index (χ4v) is 4.15. The molecule has 0 saturated carbocycles. The van der Waals surface area contributed by atoms with Gasteiger partial charge in [0, 0.05) is 20.1 Å². The molecule has 27 heavy (non-hydrogen) atoms. The second kappa shape index (κ2) is 10.7. The van der Waals surface area contributed by atoms with Crippen LogP contribution in [0.25, 0.3) is 0 Å². The highest BCUT2D eigenvalue weighted by Gasteiger charge is 2.25. The Balaban J connectivity index is 1.38.